The number of aromatic nitrogens is 3. The topological polar surface area (TPSA) is 54.0 Å². The fourth-order valence-corrected chi connectivity index (χ4v) is 5.38. The van der Waals surface area contributed by atoms with Crippen molar-refractivity contribution in [1.29, 1.82) is 0 Å². The Morgan fingerprint density at radius 2 is 1.94 bits per heavy atom. The van der Waals surface area contributed by atoms with Crippen molar-refractivity contribution in [3.8, 4) is 5.75 Å². The third kappa shape index (κ3) is 5.18. The Bertz CT molecular complexity index is 1360. The predicted octanol–water partition coefficient (Wildman–Crippen LogP) is 7.09. The molecule has 2 aromatic carbocycles. The van der Waals surface area contributed by atoms with Crippen LogP contribution in [0.2, 0.25) is 5.02 Å². The molecule has 0 bridgehead atoms. The van der Waals surface area contributed by atoms with Crippen LogP contribution in [0.5, 0.6) is 5.75 Å². The standard InChI is InChI=1S/C30H33ClN4O/c1-4-26(27-11-13-32-17-28(27)31)30(23-7-10-29-24(15-23)16-33-34-29)22-5-8-25(9-6-22)36-19-21(3)35-14-12-20(2)18-35/h5-11,13,15-17,20-21H,4,12,14,18-19H2,1-3H3,(H,33,34)/b30-26+. The average molecular weight is 501 g/mol. The number of hydrogen-bond donors (Lipinski definition) is 1. The summed E-state index contributed by atoms with van der Waals surface area (Å²) in [5, 5.41) is 8.98. The summed E-state index contributed by atoms with van der Waals surface area (Å²) in [5.41, 5.74) is 6.60. The van der Waals surface area contributed by atoms with Gasteiger partial charge in [-0.2, -0.15) is 5.10 Å². The van der Waals surface area contributed by atoms with E-state index in [1.54, 1.807) is 12.4 Å². The Kier molecular flexibility index (Phi) is 7.40. The van der Waals surface area contributed by atoms with Gasteiger partial charge >= 0.3 is 0 Å². The van der Waals surface area contributed by atoms with Gasteiger partial charge in [-0.15, -0.1) is 0 Å². The van der Waals surface area contributed by atoms with Crippen molar-refractivity contribution in [2.75, 3.05) is 19.7 Å². The van der Waals surface area contributed by atoms with Gasteiger partial charge in [0.25, 0.3) is 0 Å². The average Bonchev–Trinajstić information content (AvgIpc) is 3.55. The Morgan fingerprint density at radius 3 is 2.67 bits per heavy atom. The molecule has 1 fully saturated rings. The number of halogens is 1. The van der Waals surface area contributed by atoms with Crippen LogP contribution in [0.25, 0.3) is 22.0 Å². The quantitative estimate of drug-likeness (QED) is 0.280. The molecule has 0 amide bonds. The monoisotopic (exact) mass is 500 g/mol. The molecule has 5 rings (SSSR count). The van der Waals surface area contributed by atoms with E-state index in [-0.39, 0.29) is 0 Å². The summed E-state index contributed by atoms with van der Waals surface area (Å²) >= 11 is 6.62. The van der Waals surface area contributed by atoms with Crippen LogP contribution in [-0.4, -0.2) is 45.8 Å². The SMILES string of the molecule is CC/C(=C(/c1ccc(OCC(C)N2CCC(C)C2)cc1)c1ccc2[nH]ncc2c1)c1ccncc1Cl. The Labute approximate surface area is 218 Å². The van der Waals surface area contributed by atoms with E-state index >= 15 is 0 Å². The van der Waals surface area contributed by atoms with Gasteiger partial charge in [-0.1, -0.05) is 43.6 Å². The molecule has 1 N–H and O–H groups in total. The summed E-state index contributed by atoms with van der Waals surface area (Å²) in [5.74, 6) is 1.67. The van der Waals surface area contributed by atoms with Crippen LogP contribution < -0.4 is 4.74 Å². The first-order chi connectivity index (χ1) is 17.5. The van der Waals surface area contributed by atoms with Gasteiger partial charge in [0.1, 0.15) is 12.4 Å². The summed E-state index contributed by atoms with van der Waals surface area (Å²) in [4.78, 5) is 6.72. The van der Waals surface area contributed by atoms with E-state index in [9.17, 15) is 0 Å². The molecule has 2 unspecified atom stereocenters. The second kappa shape index (κ2) is 10.9. The fourth-order valence-electron chi connectivity index (χ4n) is 5.14. The van der Waals surface area contributed by atoms with Crippen molar-refractivity contribution in [1.82, 2.24) is 20.1 Å². The fraction of sp³-hybridized carbons (Fsp3) is 0.333. The number of benzene rings is 2. The van der Waals surface area contributed by atoms with Crippen molar-refractivity contribution in [3.63, 3.8) is 0 Å². The van der Waals surface area contributed by atoms with E-state index in [4.69, 9.17) is 16.3 Å². The molecule has 1 aliphatic heterocycles. The van der Waals surface area contributed by atoms with Crippen LogP contribution in [-0.2, 0) is 0 Å². The van der Waals surface area contributed by atoms with Gasteiger partial charge in [0.2, 0.25) is 0 Å². The molecule has 6 heteroatoms. The lowest BCUT2D eigenvalue weighted by molar-refractivity contribution is 0.169. The van der Waals surface area contributed by atoms with Gasteiger partial charge in [0, 0.05) is 30.4 Å². The summed E-state index contributed by atoms with van der Waals surface area (Å²) in [6.45, 7) is 9.77. The maximum atomic E-state index is 6.62. The number of ether oxygens (including phenoxy) is 1. The third-order valence-electron chi connectivity index (χ3n) is 7.19. The van der Waals surface area contributed by atoms with Crippen LogP contribution in [0.4, 0.5) is 0 Å². The largest absolute Gasteiger partial charge is 0.492 e. The minimum atomic E-state index is 0.410. The van der Waals surface area contributed by atoms with Gasteiger partial charge < -0.3 is 4.74 Å². The van der Waals surface area contributed by atoms with Gasteiger partial charge in [-0.25, -0.2) is 0 Å². The maximum absolute atomic E-state index is 6.62. The molecule has 2 atom stereocenters. The highest BCUT2D eigenvalue weighted by molar-refractivity contribution is 6.32. The van der Waals surface area contributed by atoms with E-state index in [1.165, 1.54) is 12.0 Å². The highest BCUT2D eigenvalue weighted by Crippen LogP contribution is 2.38. The first kappa shape index (κ1) is 24.5. The number of likely N-dealkylation sites (tertiary alicyclic amines) is 1. The molecular weight excluding hydrogens is 468 g/mol. The minimum Gasteiger partial charge on any atom is -0.492 e. The van der Waals surface area contributed by atoms with Crippen molar-refractivity contribution < 1.29 is 4.74 Å². The number of rotatable bonds is 8. The van der Waals surface area contributed by atoms with Gasteiger partial charge in [0.15, 0.2) is 0 Å². The Hall–Kier alpha value is -3.15. The van der Waals surface area contributed by atoms with Gasteiger partial charge in [-0.05, 0) is 90.4 Å². The molecule has 0 aliphatic carbocycles. The van der Waals surface area contributed by atoms with Crippen LogP contribution in [0.15, 0.2) is 67.1 Å². The van der Waals surface area contributed by atoms with E-state index in [1.807, 2.05) is 12.3 Å². The molecular formula is C30H33ClN4O. The summed E-state index contributed by atoms with van der Waals surface area (Å²) < 4.78 is 6.19. The second-order valence-electron chi connectivity index (χ2n) is 9.81. The number of nitrogens with one attached hydrogen (secondary N) is 1. The van der Waals surface area contributed by atoms with Crippen molar-refractivity contribution in [2.24, 2.45) is 5.92 Å². The van der Waals surface area contributed by atoms with Crippen LogP contribution >= 0.6 is 11.6 Å². The van der Waals surface area contributed by atoms with Crippen LogP contribution in [0.3, 0.4) is 0 Å². The minimum absolute atomic E-state index is 0.410. The lowest BCUT2D eigenvalue weighted by atomic mass is 9.88. The zero-order valence-electron chi connectivity index (χ0n) is 21.2. The number of hydrogen-bond acceptors (Lipinski definition) is 4. The summed E-state index contributed by atoms with van der Waals surface area (Å²) in [6, 6.07) is 17.3. The number of H-pyrrole nitrogens is 1. The van der Waals surface area contributed by atoms with Crippen LogP contribution in [0.1, 0.15) is 50.3 Å². The molecule has 186 valence electrons. The molecule has 4 aromatic rings. The zero-order valence-corrected chi connectivity index (χ0v) is 21.9. The van der Waals surface area contributed by atoms with Crippen molar-refractivity contribution in [3.05, 3.63) is 88.8 Å². The molecule has 5 nitrogen and oxygen atoms in total. The number of nitrogens with zero attached hydrogens (tertiary/aromatic N) is 3. The van der Waals surface area contributed by atoms with Crippen molar-refractivity contribution in [2.45, 2.75) is 39.7 Å². The first-order valence-corrected chi connectivity index (χ1v) is 13.1. The molecule has 1 saturated heterocycles. The zero-order chi connectivity index (χ0) is 25.1. The molecule has 0 spiro atoms. The first-order valence-electron chi connectivity index (χ1n) is 12.8. The van der Waals surface area contributed by atoms with E-state index < -0.39 is 0 Å². The van der Waals surface area contributed by atoms with Gasteiger partial charge in [0.05, 0.1) is 16.7 Å². The number of pyridine rings is 1. The molecule has 3 heterocycles. The van der Waals surface area contributed by atoms with E-state index in [0.29, 0.717) is 17.7 Å². The highest BCUT2D eigenvalue weighted by Gasteiger charge is 2.23. The predicted molar refractivity (Wildman–Crippen MR) is 148 cm³/mol. The highest BCUT2D eigenvalue weighted by atomic mass is 35.5. The third-order valence-corrected chi connectivity index (χ3v) is 7.50. The lowest BCUT2D eigenvalue weighted by Crippen LogP contribution is -2.35. The molecule has 0 saturated carbocycles. The van der Waals surface area contributed by atoms with Crippen molar-refractivity contribution >= 4 is 33.7 Å². The summed E-state index contributed by atoms with van der Waals surface area (Å²) in [7, 11) is 0. The van der Waals surface area contributed by atoms with E-state index in [0.717, 1.165) is 64.3 Å². The maximum Gasteiger partial charge on any atom is 0.119 e. The lowest BCUT2D eigenvalue weighted by Gasteiger charge is -2.24. The summed E-state index contributed by atoms with van der Waals surface area (Å²) in [6.07, 6.45) is 7.48. The number of aromatic amines is 1. The molecule has 2 aromatic heterocycles. The molecule has 1 aliphatic rings. The second-order valence-corrected chi connectivity index (χ2v) is 10.2. The smallest absolute Gasteiger partial charge is 0.119 e. The molecule has 0 radical (unpaired) electrons. The molecule has 36 heavy (non-hydrogen) atoms. The van der Waals surface area contributed by atoms with Gasteiger partial charge in [-0.3, -0.25) is 15.0 Å². The van der Waals surface area contributed by atoms with Crippen LogP contribution in [0, 0.1) is 5.92 Å². The number of fused-ring (bicyclic) bond motifs is 1. The number of allylic oxidation sites excluding steroid dienone is 1. The van der Waals surface area contributed by atoms with E-state index in [2.05, 4.69) is 83.3 Å². The Morgan fingerprint density at radius 1 is 1.14 bits per heavy atom. The Balaban J connectivity index is 1.48. The normalized spacial score (nSPS) is 17.8.